The minimum absolute atomic E-state index is 0.213. The highest BCUT2D eigenvalue weighted by Crippen LogP contribution is 2.21. The number of carbonyl (C=O) groups is 1. The summed E-state index contributed by atoms with van der Waals surface area (Å²) in [6.45, 7) is 4.80. The lowest BCUT2D eigenvalue weighted by molar-refractivity contribution is -0.131. The molecule has 0 N–H and O–H groups in total. The van der Waals surface area contributed by atoms with Gasteiger partial charge in [-0.15, -0.1) is 0 Å². The number of halogens is 1. The third-order valence-electron chi connectivity index (χ3n) is 4.11. The van der Waals surface area contributed by atoms with Crippen molar-refractivity contribution in [1.29, 1.82) is 0 Å². The lowest BCUT2D eigenvalue weighted by Gasteiger charge is -2.35. The minimum atomic E-state index is -0.275. The molecule has 6 heteroatoms. The molecule has 0 spiro atoms. The third kappa shape index (κ3) is 3.21. The van der Waals surface area contributed by atoms with Crippen LogP contribution in [0.15, 0.2) is 36.7 Å². The van der Waals surface area contributed by atoms with Gasteiger partial charge in [0.15, 0.2) is 0 Å². The van der Waals surface area contributed by atoms with Gasteiger partial charge in [0.1, 0.15) is 5.82 Å². The van der Waals surface area contributed by atoms with Crippen LogP contribution in [0.4, 0.5) is 10.3 Å². The molecule has 0 saturated carbocycles. The number of anilines is 1. The zero-order valence-electron chi connectivity index (χ0n) is 13.3. The second kappa shape index (κ2) is 6.81. The number of amides is 1. The van der Waals surface area contributed by atoms with Gasteiger partial charge in [-0.2, -0.15) is 0 Å². The summed E-state index contributed by atoms with van der Waals surface area (Å²) in [6, 6.07) is 6.67. The Morgan fingerprint density at radius 2 is 1.96 bits per heavy atom. The van der Waals surface area contributed by atoms with Crippen molar-refractivity contribution in [3.8, 4) is 5.69 Å². The highest BCUT2D eigenvalue weighted by Gasteiger charge is 2.23. The Morgan fingerprint density at radius 3 is 2.65 bits per heavy atom. The molecule has 1 saturated heterocycles. The highest BCUT2D eigenvalue weighted by atomic mass is 19.1. The first kappa shape index (κ1) is 15.5. The molecule has 0 radical (unpaired) electrons. The largest absolute Gasteiger partial charge is 0.339 e. The molecule has 1 aliphatic heterocycles. The number of carbonyl (C=O) groups excluding carboxylic acids is 1. The number of piperazine rings is 1. The van der Waals surface area contributed by atoms with E-state index in [1.807, 2.05) is 17.9 Å². The lowest BCUT2D eigenvalue weighted by Crippen LogP contribution is -2.49. The molecule has 1 aliphatic rings. The van der Waals surface area contributed by atoms with Crippen molar-refractivity contribution in [3.05, 3.63) is 42.5 Å². The van der Waals surface area contributed by atoms with Gasteiger partial charge in [-0.25, -0.2) is 9.37 Å². The maximum atomic E-state index is 14.0. The molecule has 1 fully saturated rings. The highest BCUT2D eigenvalue weighted by molar-refractivity contribution is 5.76. The van der Waals surface area contributed by atoms with E-state index in [0.29, 0.717) is 38.3 Å². The van der Waals surface area contributed by atoms with E-state index < -0.39 is 0 Å². The monoisotopic (exact) mass is 316 g/mol. The Hall–Kier alpha value is -2.37. The van der Waals surface area contributed by atoms with E-state index in [1.54, 1.807) is 29.1 Å². The number of imidazole rings is 1. The Labute approximate surface area is 135 Å². The fraction of sp³-hybridized carbons (Fsp3) is 0.412. The molecule has 3 rings (SSSR count). The fourth-order valence-electron chi connectivity index (χ4n) is 2.89. The Morgan fingerprint density at radius 1 is 1.22 bits per heavy atom. The molecule has 0 unspecified atom stereocenters. The molecular weight excluding hydrogens is 295 g/mol. The van der Waals surface area contributed by atoms with Crippen molar-refractivity contribution >= 4 is 11.9 Å². The average molecular weight is 316 g/mol. The van der Waals surface area contributed by atoms with Crippen LogP contribution in [0.25, 0.3) is 5.69 Å². The molecule has 1 amide bonds. The summed E-state index contributed by atoms with van der Waals surface area (Å²) in [4.78, 5) is 20.3. The SMILES string of the molecule is CCCC(=O)N1CCN(c2nccn2-c2ccccc2F)CC1. The van der Waals surface area contributed by atoms with Gasteiger partial charge in [-0.05, 0) is 18.6 Å². The summed E-state index contributed by atoms with van der Waals surface area (Å²) in [5.74, 6) is 0.658. The molecule has 2 aromatic rings. The second-order valence-corrected chi connectivity index (χ2v) is 5.67. The van der Waals surface area contributed by atoms with Gasteiger partial charge in [0.25, 0.3) is 0 Å². The van der Waals surface area contributed by atoms with E-state index in [-0.39, 0.29) is 11.7 Å². The van der Waals surface area contributed by atoms with E-state index >= 15 is 0 Å². The van der Waals surface area contributed by atoms with Crippen LogP contribution in [-0.2, 0) is 4.79 Å². The van der Waals surface area contributed by atoms with Gasteiger partial charge in [0.05, 0.1) is 5.69 Å². The summed E-state index contributed by atoms with van der Waals surface area (Å²) >= 11 is 0. The van der Waals surface area contributed by atoms with Gasteiger partial charge in [-0.1, -0.05) is 19.1 Å². The lowest BCUT2D eigenvalue weighted by atomic mass is 10.2. The fourth-order valence-corrected chi connectivity index (χ4v) is 2.89. The van der Waals surface area contributed by atoms with Gasteiger partial charge >= 0.3 is 0 Å². The minimum Gasteiger partial charge on any atom is -0.339 e. The predicted molar refractivity (Wildman–Crippen MR) is 87.2 cm³/mol. The van der Waals surface area contributed by atoms with Crippen molar-refractivity contribution in [1.82, 2.24) is 14.5 Å². The number of hydrogen-bond acceptors (Lipinski definition) is 3. The first-order valence-corrected chi connectivity index (χ1v) is 8.01. The van der Waals surface area contributed by atoms with E-state index in [4.69, 9.17) is 0 Å². The van der Waals surface area contributed by atoms with Crippen molar-refractivity contribution in [2.24, 2.45) is 0 Å². The first-order chi connectivity index (χ1) is 11.2. The number of rotatable bonds is 4. The molecule has 2 heterocycles. The van der Waals surface area contributed by atoms with Crippen LogP contribution < -0.4 is 4.90 Å². The van der Waals surface area contributed by atoms with Crippen molar-refractivity contribution < 1.29 is 9.18 Å². The summed E-state index contributed by atoms with van der Waals surface area (Å²) in [7, 11) is 0. The van der Waals surface area contributed by atoms with Crippen LogP contribution in [0, 0.1) is 5.82 Å². The van der Waals surface area contributed by atoms with E-state index in [9.17, 15) is 9.18 Å². The van der Waals surface area contributed by atoms with Gasteiger partial charge < -0.3 is 9.80 Å². The summed E-state index contributed by atoms with van der Waals surface area (Å²) in [5, 5.41) is 0. The molecule has 1 aromatic heterocycles. The van der Waals surface area contributed by atoms with Crippen molar-refractivity contribution in [2.75, 3.05) is 31.1 Å². The average Bonchev–Trinajstić information content (AvgIpc) is 3.05. The van der Waals surface area contributed by atoms with Crippen molar-refractivity contribution in [3.63, 3.8) is 0 Å². The zero-order chi connectivity index (χ0) is 16.2. The summed E-state index contributed by atoms with van der Waals surface area (Å²) in [5.41, 5.74) is 0.490. The van der Waals surface area contributed by atoms with Crippen LogP contribution >= 0.6 is 0 Å². The first-order valence-electron chi connectivity index (χ1n) is 8.01. The van der Waals surface area contributed by atoms with Gasteiger partial charge in [-0.3, -0.25) is 9.36 Å². The van der Waals surface area contributed by atoms with Gasteiger partial charge in [0.2, 0.25) is 11.9 Å². The number of benzene rings is 1. The van der Waals surface area contributed by atoms with Crippen LogP contribution in [0.5, 0.6) is 0 Å². The van der Waals surface area contributed by atoms with Gasteiger partial charge in [0, 0.05) is 45.0 Å². The number of hydrogen-bond donors (Lipinski definition) is 0. The molecule has 0 bridgehead atoms. The molecule has 23 heavy (non-hydrogen) atoms. The molecule has 0 atom stereocenters. The standard InChI is InChI=1S/C17H21FN4O/c1-2-5-16(23)20-10-12-21(13-11-20)17-19-8-9-22(17)15-7-4-3-6-14(15)18/h3-4,6-9H,2,5,10-13H2,1H3. The Balaban J connectivity index is 1.74. The Kier molecular flexibility index (Phi) is 4.60. The number of nitrogens with zero attached hydrogens (tertiary/aromatic N) is 4. The van der Waals surface area contributed by atoms with E-state index in [2.05, 4.69) is 9.88 Å². The maximum Gasteiger partial charge on any atom is 0.222 e. The second-order valence-electron chi connectivity index (χ2n) is 5.67. The molecular formula is C17H21FN4O. The molecule has 0 aliphatic carbocycles. The molecule has 122 valence electrons. The smallest absolute Gasteiger partial charge is 0.222 e. The zero-order valence-corrected chi connectivity index (χ0v) is 13.3. The molecule has 5 nitrogen and oxygen atoms in total. The summed E-state index contributed by atoms with van der Waals surface area (Å²) in [6.07, 6.45) is 4.92. The number of aromatic nitrogens is 2. The van der Waals surface area contributed by atoms with Crippen LogP contribution in [0.2, 0.25) is 0 Å². The van der Waals surface area contributed by atoms with Crippen LogP contribution in [0.3, 0.4) is 0 Å². The van der Waals surface area contributed by atoms with Crippen molar-refractivity contribution in [2.45, 2.75) is 19.8 Å². The maximum absolute atomic E-state index is 14.0. The quantitative estimate of drug-likeness (QED) is 0.870. The topological polar surface area (TPSA) is 41.4 Å². The molecule has 1 aromatic carbocycles. The Bertz CT molecular complexity index is 677. The van der Waals surface area contributed by atoms with E-state index in [1.165, 1.54) is 6.07 Å². The van der Waals surface area contributed by atoms with Crippen LogP contribution in [-0.4, -0.2) is 46.5 Å². The van der Waals surface area contributed by atoms with Crippen LogP contribution in [0.1, 0.15) is 19.8 Å². The third-order valence-corrected chi connectivity index (χ3v) is 4.11. The number of para-hydroxylation sites is 1. The predicted octanol–water partition coefficient (Wildman–Crippen LogP) is 2.46. The normalized spacial score (nSPS) is 15.0. The summed E-state index contributed by atoms with van der Waals surface area (Å²) < 4.78 is 15.8. The van der Waals surface area contributed by atoms with E-state index in [0.717, 1.165) is 12.4 Å².